The van der Waals surface area contributed by atoms with Gasteiger partial charge in [0, 0.05) is 18.4 Å². The molecule has 7 heteroatoms. The third-order valence-corrected chi connectivity index (χ3v) is 12.9. The molecule has 5 aliphatic rings. The maximum atomic E-state index is 14.5. The summed E-state index contributed by atoms with van der Waals surface area (Å²) in [5.74, 6) is -0.781. The average molecular weight is 566 g/mol. The summed E-state index contributed by atoms with van der Waals surface area (Å²) in [6.45, 7) is 13.3. The molecule has 0 aromatic carbocycles. The van der Waals surface area contributed by atoms with Gasteiger partial charge in [0.15, 0.2) is 11.6 Å². The number of carbonyl (C=O) groups is 3. The van der Waals surface area contributed by atoms with E-state index in [0.29, 0.717) is 6.42 Å². The first-order valence-electron chi connectivity index (χ1n) is 15.2. The van der Waals surface area contributed by atoms with E-state index in [4.69, 9.17) is 14.2 Å². The first-order chi connectivity index (χ1) is 19.1. The lowest BCUT2D eigenvalue weighted by molar-refractivity contribution is -0.191. The van der Waals surface area contributed by atoms with Crippen molar-refractivity contribution in [1.29, 1.82) is 5.26 Å². The third kappa shape index (κ3) is 3.92. The Morgan fingerprint density at radius 1 is 1.02 bits per heavy atom. The van der Waals surface area contributed by atoms with Gasteiger partial charge in [0.2, 0.25) is 0 Å². The zero-order chi connectivity index (χ0) is 30.2. The zero-order valence-electron chi connectivity index (χ0n) is 26.1. The summed E-state index contributed by atoms with van der Waals surface area (Å²) in [7, 11) is 3.02. The molecule has 0 aromatic heterocycles. The van der Waals surface area contributed by atoms with E-state index in [1.807, 2.05) is 19.1 Å². The van der Waals surface area contributed by atoms with Crippen LogP contribution in [0.5, 0.6) is 0 Å². The molecule has 0 bridgehead atoms. The van der Waals surface area contributed by atoms with E-state index in [0.717, 1.165) is 44.1 Å². The fourth-order valence-electron chi connectivity index (χ4n) is 10.5. The van der Waals surface area contributed by atoms with Crippen LogP contribution in [0.25, 0.3) is 0 Å². The van der Waals surface area contributed by atoms with Crippen LogP contribution in [-0.4, -0.2) is 45.2 Å². The van der Waals surface area contributed by atoms with Crippen molar-refractivity contribution in [2.24, 2.45) is 50.2 Å². The van der Waals surface area contributed by atoms with Crippen molar-refractivity contribution in [3.8, 4) is 6.07 Å². The highest BCUT2D eigenvalue weighted by Gasteiger charge is 2.71. The first-order valence-corrected chi connectivity index (χ1v) is 15.2. The highest BCUT2D eigenvalue weighted by molar-refractivity contribution is 6.05. The van der Waals surface area contributed by atoms with Gasteiger partial charge in [-0.1, -0.05) is 46.3 Å². The van der Waals surface area contributed by atoms with Crippen LogP contribution in [0.15, 0.2) is 23.3 Å². The Bertz CT molecular complexity index is 1270. The molecule has 0 saturated heterocycles. The number of hydrogen-bond acceptors (Lipinski definition) is 7. The molecule has 0 aliphatic heterocycles. The van der Waals surface area contributed by atoms with Gasteiger partial charge < -0.3 is 14.2 Å². The summed E-state index contributed by atoms with van der Waals surface area (Å²) in [5.41, 5.74) is -1.72. The Morgan fingerprint density at radius 3 is 2.34 bits per heavy atom. The van der Waals surface area contributed by atoms with Gasteiger partial charge in [-0.25, -0.2) is 0 Å². The van der Waals surface area contributed by atoms with Gasteiger partial charge in [0.1, 0.15) is 12.9 Å². The van der Waals surface area contributed by atoms with Crippen molar-refractivity contribution in [2.45, 2.75) is 86.5 Å². The fourth-order valence-corrected chi connectivity index (χ4v) is 10.5. The molecule has 0 heterocycles. The lowest BCUT2D eigenvalue weighted by atomic mass is 9.34. The molecular formula is C34H47NO6. The van der Waals surface area contributed by atoms with Crippen LogP contribution in [0.1, 0.15) is 86.5 Å². The van der Waals surface area contributed by atoms with Gasteiger partial charge >= 0.3 is 5.97 Å². The first kappa shape index (κ1) is 30.2. The van der Waals surface area contributed by atoms with Crippen LogP contribution in [-0.2, 0) is 28.6 Å². The second kappa shape index (κ2) is 9.61. The number of nitriles is 1. The molecule has 0 aromatic rings. The topological polar surface area (TPSA) is 103 Å². The fraction of sp³-hybridized carbons (Fsp3) is 0.765. The van der Waals surface area contributed by atoms with Gasteiger partial charge in [-0.15, -0.1) is 0 Å². The van der Waals surface area contributed by atoms with Crippen molar-refractivity contribution in [2.75, 3.05) is 27.6 Å². The van der Waals surface area contributed by atoms with Crippen LogP contribution in [0.2, 0.25) is 0 Å². The Balaban J connectivity index is 1.66. The van der Waals surface area contributed by atoms with Crippen LogP contribution < -0.4 is 0 Å². The number of esters is 1. The van der Waals surface area contributed by atoms with Gasteiger partial charge in [0.05, 0.1) is 30.1 Å². The Morgan fingerprint density at radius 2 is 1.71 bits per heavy atom. The highest BCUT2D eigenvalue weighted by atomic mass is 16.7. The quantitative estimate of drug-likeness (QED) is 0.230. The molecule has 224 valence electrons. The number of Topliss-reactive ketones (excluding diaryl/α,β-unsaturated/α-hetero) is 1. The Labute approximate surface area is 245 Å². The minimum absolute atomic E-state index is 0.0352. The van der Waals surface area contributed by atoms with E-state index in [1.165, 1.54) is 7.11 Å². The Kier molecular flexibility index (Phi) is 7.07. The summed E-state index contributed by atoms with van der Waals surface area (Å²) in [6.07, 6.45) is 9.28. The molecule has 7 nitrogen and oxygen atoms in total. The predicted molar refractivity (Wildman–Crippen MR) is 153 cm³/mol. The third-order valence-electron chi connectivity index (χ3n) is 12.9. The van der Waals surface area contributed by atoms with Crippen LogP contribution in [0.3, 0.4) is 0 Å². The van der Waals surface area contributed by atoms with E-state index in [2.05, 4.69) is 40.7 Å². The van der Waals surface area contributed by atoms with E-state index in [-0.39, 0.29) is 70.5 Å². The second-order valence-corrected chi connectivity index (χ2v) is 15.4. The number of allylic oxidation sites excluding steroid dienone is 4. The number of rotatable bonds is 5. The monoisotopic (exact) mass is 565 g/mol. The predicted octanol–water partition coefficient (Wildman–Crippen LogP) is 5.98. The lowest BCUT2D eigenvalue weighted by Crippen LogP contribution is -2.66. The number of hydrogen-bond donors (Lipinski definition) is 0. The van der Waals surface area contributed by atoms with Crippen LogP contribution in [0.4, 0.5) is 0 Å². The molecule has 3 fully saturated rings. The van der Waals surface area contributed by atoms with Gasteiger partial charge in [-0.05, 0) is 86.0 Å². The molecule has 2 unspecified atom stereocenters. The van der Waals surface area contributed by atoms with E-state index < -0.39 is 16.2 Å². The van der Waals surface area contributed by atoms with Crippen LogP contribution in [0, 0.1) is 61.6 Å². The number of ether oxygens (including phenoxy) is 3. The largest absolute Gasteiger partial charge is 0.469 e. The minimum atomic E-state index is -0.921. The van der Waals surface area contributed by atoms with Gasteiger partial charge in [-0.2, -0.15) is 5.26 Å². The smallest absolute Gasteiger partial charge is 0.312 e. The number of carbonyl (C=O) groups excluding carboxylic acids is 3. The number of ketones is 2. The van der Waals surface area contributed by atoms with Gasteiger partial charge in [-0.3, -0.25) is 14.4 Å². The van der Waals surface area contributed by atoms with Crippen molar-refractivity contribution < 1.29 is 28.6 Å². The number of methoxy groups -OCH3 is 2. The standard InChI is InChI=1S/C34H47NO6/c1-29(2)11-13-34(28(38)40-8)14-12-33(6)26(22(34)17-29)23(36)15-25-30(3)16-21(18-35)27(37)31(4,19-41-20-39-7)24(30)9-10-32(25,33)5/h15-16,22,24,26H,9-14,17,19-20H2,1-8H3/t22?,24-,26?,30+,31+,32-,33-,34+/m1/s1. The van der Waals surface area contributed by atoms with Gasteiger partial charge in [0.25, 0.3) is 0 Å². The summed E-state index contributed by atoms with van der Waals surface area (Å²) >= 11 is 0. The van der Waals surface area contributed by atoms with Crippen molar-refractivity contribution in [3.63, 3.8) is 0 Å². The summed E-state index contributed by atoms with van der Waals surface area (Å²) in [5, 5.41) is 10.1. The molecule has 3 saturated carbocycles. The molecule has 0 amide bonds. The number of fused-ring (bicyclic) bond motifs is 7. The van der Waals surface area contributed by atoms with E-state index >= 15 is 0 Å². The molecule has 0 spiro atoms. The highest BCUT2D eigenvalue weighted by Crippen LogP contribution is 2.74. The molecule has 5 rings (SSSR count). The minimum Gasteiger partial charge on any atom is -0.469 e. The zero-order valence-corrected chi connectivity index (χ0v) is 26.1. The van der Waals surface area contributed by atoms with Crippen molar-refractivity contribution in [3.05, 3.63) is 23.3 Å². The summed E-state index contributed by atoms with van der Waals surface area (Å²) in [6, 6.07) is 2.17. The molecule has 0 N–H and O–H groups in total. The SMILES string of the molecule is COCOC[C@]1(C)C(=O)C(C#N)=C[C@]2(C)C3=CC(=O)C4C5CC(C)(C)CC[C@]5(C(=O)OC)CC[C@@]4(C)[C@]3(C)CC[C@H]21. The maximum absolute atomic E-state index is 14.5. The normalized spacial score (nSPS) is 44.7. The molecular weight excluding hydrogens is 518 g/mol. The Hall–Kier alpha value is -2.30. The molecule has 5 aliphatic carbocycles. The second-order valence-electron chi connectivity index (χ2n) is 15.4. The molecule has 0 radical (unpaired) electrons. The van der Waals surface area contributed by atoms with E-state index in [9.17, 15) is 19.6 Å². The maximum Gasteiger partial charge on any atom is 0.312 e. The molecule has 8 atom stereocenters. The summed E-state index contributed by atoms with van der Waals surface area (Å²) < 4.78 is 16.3. The lowest BCUT2D eigenvalue weighted by Gasteiger charge is -2.68. The average Bonchev–Trinajstić information content (AvgIpc) is 2.91. The van der Waals surface area contributed by atoms with Crippen molar-refractivity contribution in [1.82, 2.24) is 0 Å². The summed E-state index contributed by atoms with van der Waals surface area (Å²) in [4.78, 5) is 41.7. The van der Waals surface area contributed by atoms with Crippen LogP contribution >= 0.6 is 0 Å². The van der Waals surface area contributed by atoms with E-state index in [1.54, 1.807) is 7.11 Å². The number of nitrogens with zero attached hydrogens (tertiary/aromatic N) is 1. The molecule has 41 heavy (non-hydrogen) atoms. The van der Waals surface area contributed by atoms with Crippen molar-refractivity contribution >= 4 is 17.5 Å².